The van der Waals surface area contributed by atoms with Crippen molar-refractivity contribution in [1.29, 1.82) is 0 Å². The van der Waals surface area contributed by atoms with E-state index in [1.807, 2.05) is 0 Å². The summed E-state index contributed by atoms with van der Waals surface area (Å²) in [7, 11) is 0. The second-order valence-corrected chi connectivity index (χ2v) is 2.86. The summed E-state index contributed by atoms with van der Waals surface area (Å²) in [5.74, 6) is -0.495. The van der Waals surface area contributed by atoms with E-state index in [1.165, 1.54) is 13.0 Å². The smallest absolute Gasteiger partial charge is 0.321 e. The zero-order chi connectivity index (χ0) is 10.9. The van der Waals surface area contributed by atoms with Crippen LogP contribution in [0.5, 0.6) is 0 Å². The number of nitro groups is 1. The van der Waals surface area contributed by atoms with Crippen molar-refractivity contribution in [1.82, 2.24) is 4.98 Å². The minimum atomic E-state index is -0.852. The van der Waals surface area contributed by atoms with E-state index >= 15 is 0 Å². The lowest BCUT2D eigenvalue weighted by atomic mass is 10.1. The molecular weight excluding hydrogens is 188 g/mol. The van der Waals surface area contributed by atoms with Crippen molar-refractivity contribution in [2.45, 2.75) is 13.8 Å². The van der Waals surface area contributed by atoms with E-state index in [0.29, 0.717) is 5.69 Å². The van der Waals surface area contributed by atoms with Crippen LogP contribution >= 0.6 is 0 Å². The van der Waals surface area contributed by atoms with Crippen molar-refractivity contribution >= 4 is 11.5 Å². The lowest BCUT2D eigenvalue weighted by Gasteiger charge is -1.99. The third kappa shape index (κ3) is 1.68. The van der Waals surface area contributed by atoms with Gasteiger partial charge in [-0.3, -0.25) is 19.7 Å². The Morgan fingerprint density at radius 3 is 2.57 bits per heavy atom. The molecule has 0 saturated carbocycles. The van der Waals surface area contributed by atoms with E-state index in [9.17, 15) is 19.7 Å². The molecule has 0 aromatic carbocycles. The fourth-order valence-electron chi connectivity index (χ4n) is 1.13. The van der Waals surface area contributed by atoms with Crippen molar-refractivity contribution in [3.8, 4) is 0 Å². The highest BCUT2D eigenvalue weighted by atomic mass is 16.6. The number of ketones is 1. The van der Waals surface area contributed by atoms with Gasteiger partial charge in [0.2, 0.25) is 0 Å². The Kier molecular flexibility index (Phi) is 2.46. The first-order valence-electron chi connectivity index (χ1n) is 3.82. The first-order valence-corrected chi connectivity index (χ1v) is 3.82. The summed E-state index contributed by atoms with van der Waals surface area (Å²) in [6.07, 6.45) is 0. The van der Waals surface area contributed by atoms with Crippen LogP contribution in [-0.4, -0.2) is 15.7 Å². The van der Waals surface area contributed by atoms with Crippen LogP contribution in [0.3, 0.4) is 0 Å². The molecule has 0 radical (unpaired) electrons. The van der Waals surface area contributed by atoms with Gasteiger partial charge in [-0.1, -0.05) is 0 Å². The summed E-state index contributed by atoms with van der Waals surface area (Å²) in [5, 5.41) is 10.5. The second kappa shape index (κ2) is 3.41. The first-order chi connectivity index (χ1) is 6.43. The van der Waals surface area contributed by atoms with Gasteiger partial charge in [0.15, 0.2) is 5.78 Å². The third-order valence-corrected chi connectivity index (χ3v) is 1.70. The zero-order valence-electron chi connectivity index (χ0n) is 7.66. The molecule has 0 atom stereocenters. The molecule has 14 heavy (non-hydrogen) atoms. The van der Waals surface area contributed by atoms with Crippen molar-refractivity contribution in [2.24, 2.45) is 0 Å². The lowest BCUT2D eigenvalue weighted by molar-refractivity contribution is -0.386. The molecule has 6 heteroatoms. The van der Waals surface area contributed by atoms with Crippen molar-refractivity contribution in [2.75, 3.05) is 0 Å². The number of hydrogen-bond donors (Lipinski definition) is 1. The number of nitrogens with one attached hydrogen (secondary N) is 1. The monoisotopic (exact) mass is 196 g/mol. The molecule has 0 saturated heterocycles. The number of hydrogen-bond acceptors (Lipinski definition) is 4. The van der Waals surface area contributed by atoms with Crippen molar-refractivity contribution in [3.05, 3.63) is 37.8 Å². The Hall–Kier alpha value is -1.98. The Morgan fingerprint density at radius 1 is 1.57 bits per heavy atom. The number of pyridine rings is 1. The first kappa shape index (κ1) is 10.1. The fraction of sp³-hybridized carbons (Fsp3) is 0.250. The average molecular weight is 196 g/mol. The Bertz CT molecular complexity index is 461. The Balaban J connectivity index is 3.61. The molecule has 1 N–H and O–H groups in total. The molecule has 74 valence electrons. The van der Waals surface area contributed by atoms with Gasteiger partial charge < -0.3 is 4.98 Å². The molecule has 0 fully saturated rings. The van der Waals surface area contributed by atoms with Gasteiger partial charge in [0.1, 0.15) is 5.56 Å². The molecule has 0 spiro atoms. The van der Waals surface area contributed by atoms with E-state index in [-0.39, 0.29) is 5.56 Å². The molecule has 0 amide bonds. The fourth-order valence-corrected chi connectivity index (χ4v) is 1.13. The second-order valence-electron chi connectivity index (χ2n) is 2.86. The molecule has 1 aromatic rings. The van der Waals surface area contributed by atoms with Crippen LogP contribution in [0.2, 0.25) is 0 Å². The van der Waals surface area contributed by atoms with Crippen LogP contribution in [-0.2, 0) is 0 Å². The maximum Gasteiger partial charge on any atom is 0.344 e. The summed E-state index contributed by atoms with van der Waals surface area (Å²) < 4.78 is 0. The molecule has 0 bridgehead atoms. The molecule has 1 aromatic heterocycles. The number of Topliss-reactive ketones (excluding diaryl/α,β-unsaturated/α-hetero) is 1. The van der Waals surface area contributed by atoms with E-state index < -0.39 is 22.0 Å². The maximum atomic E-state index is 11.2. The van der Waals surface area contributed by atoms with Crippen LogP contribution in [0.25, 0.3) is 0 Å². The lowest BCUT2D eigenvalue weighted by Crippen LogP contribution is -2.17. The SMILES string of the molecule is CC(=O)c1cc(C)[nH]c(=O)c1[N+](=O)[O-]. The minimum Gasteiger partial charge on any atom is -0.321 e. The van der Waals surface area contributed by atoms with Crippen LogP contribution in [0.4, 0.5) is 5.69 Å². The topological polar surface area (TPSA) is 93.1 Å². The number of H-pyrrole nitrogens is 1. The van der Waals surface area contributed by atoms with Crippen LogP contribution < -0.4 is 5.56 Å². The highest BCUT2D eigenvalue weighted by Gasteiger charge is 2.22. The van der Waals surface area contributed by atoms with E-state index in [2.05, 4.69) is 4.98 Å². The summed E-state index contributed by atoms with van der Waals surface area (Å²) in [4.78, 5) is 34.1. The largest absolute Gasteiger partial charge is 0.344 e. The minimum absolute atomic E-state index is 0.156. The average Bonchev–Trinajstić information content (AvgIpc) is 2.01. The summed E-state index contributed by atoms with van der Waals surface area (Å²) >= 11 is 0. The predicted octanol–water partition coefficient (Wildman–Crippen LogP) is 0.794. The molecule has 0 unspecified atom stereocenters. The predicted molar refractivity (Wildman–Crippen MR) is 48.5 cm³/mol. The molecule has 0 aliphatic rings. The van der Waals surface area contributed by atoms with Crippen LogP contribution in [0, 0.1) is 17.0 Å². The zero-order valence-corrected chi connectivity index (χ0v) is 7.66. The van der Waals surface area contributed by atoms with Crippen LogP contribution in [0.1, 0.15) is 23.0 Å². The molecular formula is C8H8N2O4. The van der Waals surface area contributed by atoms with Gasteiger partial charge in [-0.15, -0.1) is 0 Å². The summed E-state index contributed by atoms with van der Waals surface area (Å²) in [6.45, 7) is 2.73. The van der Waals surface area contributed by atoms with Gasteiger partial charge in [-0.2, -0.15) is 0 Å². The normalized spacial score (nSPS) is 9.86. The standard InChI is InChI=1S/C8H8N2O4/c1-4-3-6(5(2)11)7(10(13)14)8(12)9-4/h3H,1-2H3,(H,9,12). The number of carbonyl (C=O) groups is 1. The summed E-state index contributed by atoms with van der Waals surface area (Å²) in [5.41, 5.74) is -1.27. The van der Waals surface area contributed by atoms with E-state index in [0.717, 1.165) is 0 Å². The summed E-state index contributed by atoms with van der Waals surface area (Å²) in [6, 6.07) is 1.29. The number of nitrogens with zero attached hydrogens (tertiary/aromatic N) is 1. The highest BCUT2D eigenvalue weighted by molar-refractivity contribution is 5.97. The quantitative estimate of drug-likeness (QED) is 0.430. The van der Waals surface area contributed by atoms with Gasteiger partial charge >= 0.3 is 11.2 Å². The Labute approximate surface area is 78.7 Å². The molecule has 6 nitrogen and oxygen atoms in total. The van der Waals surface area contributed by atoms with Gasteiger partial charge in [-0.05, 0) is 19.9 Å². The molecule has 1 heterocycles. The highest BCUT2D eigenvalue weighted by Crippen LogP contribution is 2.13. The van der Waals surface area contributed by atoms with Crippen molar-refractivity contribution in [3.63, 3.8) is 0 Å². The van der Waals surface area contributed by atoms with Gasteiger partial charge in [0, 0.05) is 5.69 Å². The molecule has 0 aliphatic carbocycles. The number of carbonyl (C=O) groups excluding carboxylic acids is 1. The maximum absolute atomic E-state index is 11.2. The number of aryl methyl sites for hydroxylation is 1. The molecule has 0 aliphatic heterocycles. The van der Waals surface area contributed by atoms with Gasteiger partial charge in [-0.25, -0.2) is 0 Å². The molecule has 1 rings (SSSR count). The van der Waals surface area contributed by atoms with Gasteiger partial charge in [0.25, 0.3) is 0 Å². The number of rotatable bonds is 2. The Morgan fingerprint density at radius 2 is 2.14 bits per heavy atom. The third-order valence-electron chi connectivity index (χ3n) is 1.70. The van der Waals surface area contributed by atoms with Gasteiger partial charge in [0.05, 0.1) is 4.92 Å². The number of aromatic amines is 1. The van der Waals surface area contributed by atoms with E-state index in [4.69, 9.17) is 0 Å². The van der Waals surface area contributed by atoms with Crippen molar-refractivity contribution < 1.29 is 9.72 Å². The van der Waals surface area contributed by atoms with Crippen LogP contribution in [0.15, 0.2) is 10.9 Å². The van der Waals surface area contributed by atoms with E-state index in [1.54, 1.807) is 6.92 Å². The number of aromatic nitrogens is 1.